The van der Waals surface area contributed by atoms with Crippen molar-refractivity contribution in [1.82, 2.24) is 25.1 Å². The molecule has 0 aliphatic rings. The fourth-order valence-corrected chi connectivity index (χ4v) is 3.18. The van der Waals surface area contributed by atoms with Gasteiger partial charge in [0.05, 0.1) is 0 Å². The van der Waals surface area contributed by atoms with E-state index in [2.05, 4.69) is 20.5 Å². The molecule has 0 radical (unpaired) electrons. The molecule has 0 aliphatic heterocycles. The number of nitrogens with one attached hydrogen (secondary N) is 1. The van der Waals surface area contributed by atoms with Crippen LogP contribution in [0.3, 0.4) is 0 Å². The average Bonchev–Trinajstić information content (AvgIpc) is 3.17. The highest BCUT2D eigenvalue weighted by molar-refractivity contribution is 5.99. The molecule has 1 amide bonds. The number of carbonyl (C=O) groups excluding carboxylic acids is 2. The van der Waals surface area contributed by atoms with Crippen molar-refractivity contribution < 1.29 is 9.59 Å². The lowest BCUT2D eigenvalue weighted by Crippen LogP contribution is -2.21. The largest absolute Gasteiger partial charge is 0.354 e. The maximum absolute atomic E-state index is 12.8. The Bertz CT molecular complexity index is 997. The van der Waals surface area contributed by atoms with Crippen molar-refractivity contribution in [1.29, 1.82) is 0 Å². The number of carbonyl (C=O) groups is 2. The van der Waals surface area contributed by atoms with E-state index in [9.17, 15) is 9.59 Å². The van der Waals surface area contributed by atoms with Gasteiger partial charge in [-0.2, -0.15) is 0 Å². The molecule has 0 bridgehead atoms. The molecule has 0 spiro atoms. The first-order chi connectivity index (χ1) is 14.0. The normalized spacial score (nSPS) is 11.8. The summed E-state index contributed by atoms with van der Waals surface area (Å²) in [5.74, 6) is 0.490. The van der Waals surface area contributed by atoms with Crippen molar-refractivity contribution in [3.63, 3.8) is 0 Å². The Morgan fingerprint density at radius 2 is 1.93 bits per heavy atom. The summed E-state index contributed by atoms with van der Waals surface area (Å²) in [5, 5.41) is 10.5. The van der Waals surface area contributed by atoms with Gasteiger partial charge in [0.25, 0.3) is 5.91 Å². The molecule has 1 aromatic carbocycles. The van der Waals surface area contributed by atoms with Crippen molar-refractivity contribution >= 4 is 11.7 Å². The minimum Gasteiger partial charge on any atom is -0.354 e. The first-order valence-electron chi connectivity index (χ1n) is 9.64. The van der Waals surface area contributed by atoms with Crippen LogP contribution in [0.5, 0.6) is 0 Å². The van der Waals surface area contributed by atoms with E-state index >= 15 is 0 Å². The van der Waals surface area contributed by atoms with E-state index in [1.54, 1.807) is 25.5 Å². The second kappa shape index (κ2) is 9.23. The molecular weight excluding hydrogens is 366 g/mol. The van der Waals surface area contributed by atoms with Crippen LogP contribution < -0.4 is 5.32 Å². The van der Waals surface area contributed by atoms with Gasteiger partial charge in [-0.25, -0.2) is 4.98 Å². The van der Waals surface area contributed by atoms with Gasteiger partial charge < -0.3 is 9.88 Å². The molecule has 0 fully saturated rings. The molecule has 29 heavy (non-hydrogen) atoms. The third-order valence-electron chi connectivity index (χ3n) is 4.98. The molecule has 1 atom stereocenters. The van der Waals surface area contributed by atoms with Gasteiger partial charge in [0, 0.05) is 44.1 Å². The van der Waals surface area contributed by atoms with Crippen LogP contribution in [-0.2, 0) is 13.5 Å². The third kappa shape index (κ3) is 4.93. The minimum absolute atomic E-state index is 0.0127. The Labute approximate surface area is 170 Å². The summed E-state index contributed by atoms with van der Waals surface area (Å²) < 4.78 is 1.85. The van der Waals surface area contributed by atoms with Crippen LogP contribution in [-0.4, -0.2) is 38.5 Å². The Balaban J connectivity index is 1.82. The smallest absolute Gasteiger partial charge is 0.269 e. The highest BCUT2D eigenvalue weighted by atomic mass is 16.1. The van der Waals surface area contributed by atoms with Crippen LogP contribution >= 0.6 is 0 Å². The predicted molar refractivity (Wildman–Crippen MR) is 110 cm³/mol. The van der Waals surface area contributed by atoms with Crippen molar-refractivity contribution in [3.05, 3.63) is 77.1 Å². The van der Waals surface area contributed by atoms with E-state index in [1.807, 2.05) is 48.9 Å². The molecule has 2 aromatic heterocycles. The number of rotatable bonds is 8. The summed E-state index contributed by atoms with van der Waals surface area (Å²) >= 11 is 0. The highest BCUT2D eigenvalue weighted by Gasteiger charge is 2.18. The van der Waals surface area contributed by atoms with E-state index in [-0.39, 0.29) is 23.3 Å². The van der Waals surface area contributed by atoms with Gasteiger partial charge >= 0.3 is 0 Å². The molecule has 1 N–H and O–H groups in total. The zero-order valence-electron chi connectivity index (χ0n) is 16.9. The lowest BCUT2D eigenvalue weighted by molar-refractivity contribution is 0.0958. The zero-order valence-corrected chi connectivity index (χ0v) is 16.9. The van der Waals surface area contributed by atoms with Gasteiger partial charge in [0.1, 0.15) is 17.8 Å². The van der Waals surface area contributed by atoms with E-state index in [0.29, 0.717) is 30.5 Å². The van der Waals surface area contributed by atoms with Crippen LogP contribution in [0.2, 0.25) is 0 Å². The van der Waals surface area contributed by atoms with E-state index in [4.69, 9.17) is 0 Å². The molecule has 0 aliphatic carbocycles. The number of amides is 1. The molecule has 0 saturated heterocycles. The van der Waals surface area contributed by atoms with E-state index < -0.39 is 0 Å². The monoisotopic (exact) mass is 391 g/mol. The molecular formula is C22H25N5O2. The number of Topliss-reactive ketones (excluding diaryl/α,β-unsaturated/α-hetero) is 1. The van der Waals surface area contributed by atoms with E-state index in [1.165, 1.54) is 0 Å². The quantitative estimate of drug-likeness (QED) is 0.596. The number of hydrogen-bond acceptors (Lipinski definition) is 5. The average molecular weight is 391 g/mol. The van der Waals surface area contributed by atoms with Gasteiger partial charge in [-0.15, -0.1) is 10.2 Å². The maximum Gasteiger partial charge on any atom is 0.269 e. The van der Waals surface area contributed by atoms with Gasteiger partial charge in [-0.3, -0.25) is 9.59 Å². The lowest BCUT2D eigenvalue weighted by Gasteiger charge is -2.14. The highest BCUT2D eigenvalue weighted by Crippen LogP contribution is 2.24. The Hall–Kier alpha value is -3.35. The molecule has 3 rings (SSSR count). The standard InChI is InChI=1S/C22H25N5O2/c1-15(16-8-5-4-6-9-16)18-12-17(13-19(25-18)22(29)23-2)20(28)10-7-11-21-26-24-14-27(21)3/h4-6,8-9,12-15H,7,10-11H2,1-3H3,(H,23,29)/t15-/m0/s1. The van der Waals surface area contributed by atoms with Crippen molar-refractivity contribution in [3.8, 4) is 0 Å². The Morgan fingerprint density at radius 1 is 1.17 bits per heavy atom. The van der Waals surface area contributed by atoms with Crippen LogP contribution in [0.15, 0.2) is 48.8 Å². The predicted octanol–water partition coefficient (Wildman–Crippen LogP) is 2.93. The van der Waals surface area contributed by atoms with Gasteiger partial charge in [-0.05, 0) is 24.1 Å². The molecule has 0 saturated carbocycles. The van der Waals surface area contributed by atoms with E-state index in [0.717, 1.165) is 11.4 Å². The number of nitrogens with zero attached hydrogens (tertiary/aromatic N) is 4. The fraction of sp³-hybridized carbons (Fsp3) is 0.318. The van der Waals surface area contributed by atoms with Crippen molar-refractivity contribution in [2.45, 2.75) is 32.1 Å². The summed E-state index contributed by atoms with van der Waals surface area (Å²) in [6, 6.07) is 13.3. The van der Waals surface area contributed by atoms with Crippen LogP contribution in [0.25, 0.3) is 0 Å². The molecule has 150 valence electrons. The van der Waals surface area contributed by atoms with Crippen molar-refractivity contribution in [2.75, 3.05) is 7.05 Å². The van der Waals surface area contributed by atoms with Crippen LogP contribution in [0.1, 0.15) is 63.6 Å². The number of aryl methyl sites for hydroxylation is 2. The van der Waals surface area contributed by atoms with Gasteiger partial charge in [0.15, 0.2) is 5.78 Å². The Kier molecular flexibility index (Phi) is 6.49. The summed E-state index contributed by atoms with van der Waals surface area (Å²) in [5.41, 5.74) is 2.54. The molecule has 2 heterocycles. The molecule has 0 unspecified atom stereocenters. The maximum atomic E-state index is 12.8. The van der Waals surface area contributed by atoms with Gasteiger partial charge in [-0.1, -0.05) is 37.3 Å². The van der Waals surface area contributed by atoms with Crippen LogP contribution in [0, 0.1) is 0 Å². The lowest BCUT2D eigenvalue weighted by atomic mass is 9.94. The first kappa shape index (κ1) is 20.4. The molecule has 7 nitrogen and oxygen atoms in total. The number of benzene rings is 1. The summed E-state index contributed by atoms with van der Waals surface area (Å²) in [6.45, 7) is 2.02. The minimum atomic E-state index is -0.305. The summed E-state index contributed by atoms with van der Waals surface area (Å²) in [4.78, 5) is 29.5. The number of pyridine rings is 1. The van der Waals surface area contributed by atoms with Crippen molar-refractivity contribution in [2.24, 2.45) is 7.05 Å². The Morgan fingerprint density at radius 3 is 2.59 bits per heavy atom. The topological polar surface area (TPSA) is 89.8 Å². The number of ketones is 1. The number of hydrogen-bond donors (Lipinski definition) is 1. The summed E-state index contributed by atoms with van der Waals surface area (Å²) in [7, 11) is 3.44. The SMILES string of the molecule is CNC(=O)c1cc(C(=O)CCCc2nncn2C)cc([C@@H](C)c2ccccc2)n1. The summed E-state index contributed by atoms with van der Waals surface area (Å²) in [6.07, 6.45) is 3.34. The van der Waals surface area contributed by atoms with Crippen LogP contribution in [0.4, 0.5) is 0 Å². The second-order valence-corrected chi connectivity index (χ2v) is 7.01. The zero-order chi connectivity index (χ0) is 20.8. The fourth-order valence-electron chi connectivity index (χ4n) is 3.18. The number of aromatic nitrogens is 4. The third-order valence-corrected chi connectivity index (χ3v) is 4.98. The van der Waals surface area contributed by atoms with Gasteiger partial charge in [0.2, 0.25) is 0 Å². The molecule has 3 aromatic rings. The second-order valence-electron chi connectivity index (χ2n) is 7.01. The first-order valence-corrected chi connectivity index (χ1v) is 9.64. The molecule has 7 heteroatoms.